The minimum absolute atomic E-state index is 0.283. The van der Waals surface area contributed by atoms with Crippen LogP contribution in [-0.4, -0.2) is 41.9 Å². The van der Waals surface area contributed by atoms with Crippen molar-refractivity contribution in [1.82, 2.24) is 5.32 Å². The summed E-state index contributed by atoms with van der Waals surface area (Å²) in [7, 11) is -4.34. The third-order valence-electron chi connectivity index (χ3n) is 8.87. The number of hydrogen-bond donors (Lipinski definition) is 3. The van der Waals surface area contributed by atoms with Crippen LogP contribution in [0.3, 0.4) is 0 Å². The summed E-state index contributed by atoms with van der Waals surface area (Å²) in [6.07, 6.45) is 41.6. The van der Waals surface area contributed by atoms with E-state index in [1.807, 2.05) is 6.08 Å². The Bertz CT molecular complexity index is 826. The van der Waals surface area contributed by atoms with E-state index in [9.17, 15) is 22.9 Å². The van der Waals surface area contributed by atoms with Crippen molar-refractivity contribution < 1.29 is 22.9 Å². The predicted octanol–water partition coefficient (Wildman–Crippen LogP) is 11.2. The fourth-order valence-electron chi connectivity index (χ4n) is 5.91. The maximum absolute atomic E-state index is 12.5. The van der Waals surface area contributed by atoms with E-state index in [2.05, 4.69) is 31.3 Å². The molecule has 0 aliphatic heterocycles. The van der Waals surface area contributed by atoms with Gasteiger partial charge in [-0.1, -0.05) is 173 Å². The van der Waals surface area contributed by atoms with Crippen molar-refractivity contribution in [1.29, 1.82) is 0 Å². The Morgan fingerprint density at radius 1 is 0.565 bits per heavy atom. The number of carbonyl (C=O) groups is 1. The lowest BCUT2D eigenvalue weighted by Gasteiger charge is -2.21. The molecule has 0 aromatic carbocycles. The molecule has 2 atom stereocenters. The minimum Gasteiger partial charge on any atom is -0.387 e. The summed E-state index contributed by atoms with van der Waals surface area (Å²) < 4.78 is 32.4. The molecular formula is C39H75NO5S. The Morgan fingerprint density at radius 3 is 1.30 bits per heavy atom. The summed E-state index contributed by atoms with van der Waals surface area (Å²) >= 11 is 0. The standard InChI is InChI=1S/C39H75NO5S/c1-3-5-7-9-11-13-15-17-18-19-20-21-23-25-27-29-31-33-35-39(42)40-37(36-46(43,44)45)38(41)34-32-30-28-26-24-22-16-14-12-10-8-6-4-2/h18-19,32,34,37-38,41H,3-17,20-31,33,35-36H2,1-2H3,(H,40,42)(H,43,44,45)/b19-18-,34-32+. The highest BCUT2D eigenvalue weighted by Crippen LogP contribution is 2.14. The summed E-state index contributed by atoms with van der Waals surface area (Å²) in [4.78, 5) is 12.5. The zero-order valence-corrected chi connectivity index (χ0v) is 31.0. The lowest BCUT2D eigenvalue weighted by molar-refractivity contribution is -0.122. The van der Waals surface area contributed by atoms with Crippen LogP contribution < -0.4 is 5.32 Å². The van der Waals surface area contributed by atoms with E-state index < -0.39 is 28.0 Å². The summed E-state index contributed by atoms with van der Waals surface area (Å²) in [5.74, 6) is -0.980. The Kier molecular flexibility index (Phi) is 32.8. The topological polar surface area (TPSA) is 104 Å². The van der Waals surface area contributed by atoms with Crippen molar-refractivity contribution in [2.45, 2.75) is 212 Å². The van der Waals surface area contributed by atoms with Gasteiger partial charge in [0.1, 0.15) is 0 Å². The third kappa shape index (κ3) is 34.2. The second-order valence-electron chi connectivity index (χ2n) is 13.6. The summed E-state index contributed by atoms with van der Waals surface area (Å²) in [5.41, 5.74) is 0. The zero-order valence-electron chi connectivity index (χ0n) is 30.2. The van der Waals surface area contributed by atoms with Crippen molar-refractivity contribution in [3.05, 3.63) is 24.3 Å². The smallest absolute Gasteiger partial charge is 0.267 e. The molecule has 6 nitrogen and oxygen atoms in total. The van der Waals surface area contributed by atoms with Gasteiger partial charge < -0.3 is 10.4 Å². The zero-order chi connectivity index (χ0) is 34.0. The van der Waals surface area contributed by atoms with Crippen LogP contribution in [0.1, 0.15) is 200 Å². The minimum atomic E-state index is -4.34. The molecular weight excluding hydrogens is 594 g/mol. The van der Waals surface area contributed by atoms with Crippen molar-refractivity contribution in [2.75, 3.05) is 5.75 Å². The number of hydrogen-bond acceptors (Lipinski definition) is 4. The maximum Gasteiger partial charge on any atom is 0.267 e. The van der Waals surface area contributed by atoms with Gasteiger partial charge in [-0.15, -0.1) is 0 Å². The number of amides is 1. The van der Waals surface area contributed by atoms with Crippen molar-refractivity contribution in [3.8, 4) is 0 Å². The second-order valence-corrected chi connectivity index (χ2v) is 15.1. The van der Waals surface area contributed by atoms with E-state index >= 15 is 0 Å². The number of carbonyl (C=O) groups excluding carboxylic acids is 1. The number of nitrogens with one attached hydrogen (secondary N) is 1. The normalized spacial score (nSPS) is 13.6. The van der Waals surface area contributed by atoms with Gasteiger partial charge in [0.2, 0.25) is 5.91 Å². The van der Waals surface area contributed by atoms with Crippen molar-refractivity contribution >= 4 is 16.0 Å². The molecule has 0 aliphatic rings. The summed E-state index contributed by atoms with van der Waals surface area (Å²) in [6, 6.07) is -1.05. The maximum atomic E-state index is 12.5. The van der Waals surface area contributed by atoms with Gasteiger partial charge >= 0.3 is 0 Å². The van der Waals surface area contributed by atoms with E-state index in [-0.39, 0.29) is 5.91 Å². The summed E-state index contributed by atoms with van der Waals surface area (Å²) in [6.45, 7) is 4.51. The van der Waals surface area contributed by atoms with Gasteiger partial charge in [-0.05, 0) is 44.9 Å². The van der Waals surface area contributed by atoms with Gasteiger partial charge in [0.15, 0.2) is 0 Å². The van der Waals surface area contributed by atoms with E-state index in [0.29, 0.717) is 6.42 Å². The van der Waals surface area contributed by atoms with Crippen molar-refractivity contribution in [2.24, 2.45) is 0 Å². The Labute approximate surface area is 285 Å². The Morgan fingerprint density at radius 2 is 0.913 bits per heavy atom. The van der Waals surface area contributed by atoms with Crippen LogP contribution in [0.5, 0.6) is 0 Å². The number of allylic oxidation sites excluding steroid dienone is 3. The number of aliphatic hydroxyl groups excluding tert-OH is 1. The third-order valence-corrected chi connectivity index (χ3v) is 9.65. The molecule has 0 heterocycles. The lowest BCUT2D eigenvalue weighted by atomic mass is 10.0. The highest BCUT2D eigenvalue weighted by Gasteiger charge is 2.24. The number of rotatable bonds is 35. The first-order valence-corrected chi connectivity index (χ1v) is 21.1. The largest absolute Gasteiger partial charge is 0.387 e. The van der Waals surface area contributed by atoms with Gasteiger partial charge in [0, 0.05) is 6.42 Å². The average molecular weight is 670 g/mol. The Balaban J connectivity index is 3.93. The fraction of sp³-hybridized carbons (Fsp3) is 0.872. The molecule has 0 aromatic rings. The molecule has 0 radical (unpaired) electrons. The van der Waals surface area contributed by atoms with Crippen LogP contribution in [0, 0.1) is 0 Å². The van der Waals surface area contributed by atoms with Crippen molar-refractivity contribution in [3.63, 3.8) is 0 Å². The first-order chi connectivity index (χ1) is 22.3. The molecule has 46 heavy (non-hydrogen) atoms. The molecule has 0 bridgehead atoms. The molecule has 0 aromatic heterocycles. The average Bonchev–Trinajstić information content (AvgIpc) is 3.01. The molecule has 0 saturated carbocycles. The fourth-order valence-corrected chi connectivity index (χ4v) is 6.65. The molecule has 0 spiro atoms. The van der Waals surface area contributed by atoms with Gasteiger partial charge in [-0.2, -0.15) is 8.42 Å². The van der Waals surface area contributed by atoms with Crippen LogP contribution in [-0.2, 0) is 14.9 Å². The van der Waals surface area contributed by atoms with Gasteiger partial charge in [-0.3, -0.25) is 9.35 Å². The lowest BCUT2D eigenvalue weighted by Crippen LogP contribution is -2.46. The molecule has 2 unspecified atom stereocenters. The van der Waals surface area contributed by atoms with Gasteiger partial charge in [0.05, 0.1) is 17.9 Å². The second kappa shape index (κ2) is 33.7. The van der Waals surface area contributed by atoms with Crippen LogP contribution >= 0.6 is 0 Å². The predicted molar refractivity (Wildman–Crippen MR) is 198 cm³/mol. The Hall–Kier alpha value is -1.18. The SMILES string of the molecule is CCCCCCCCC/C=C\CCCCCCCCCC(=O)NC(CS(=O)(=O)O)C(O)/C=C/CCCCCCCCCCCCC. The van der Waals surface area contributed by atoms with E-state index in [0.717, 1.165) is 44.9 Å². The molecule has 7 heteroatoms. The summed E-state index contributed by atoms with van der Waals surface area (Å²) in [5, 5.41) is 13.2. The van der Waals surface area contributed by atoms with E-state index in [4.69, 9.17) is 0 Å². The monoisotopic (exact) mass is 670 g/mol. The van der Waals surface area contributed by atoms with E-state index in [1.54, 1.807) is 6.08 Å². The van der Waals surface area contributed by atoms with Gasteiger partial charge in [0.25, 0.3) is 10.1 Å². The molecule has 0 fully saturated rings. The van der Waals surface area contributed by atoms with Crippen LogP contribution in [0.25, 0.3) is 0 Å². The molecule has 0 saturated heterocycles. The molecule has 3 N–H and O–H groups in total. The van der Waals surface area contributed by atoms with Crippen LogP contribution in [0.2, 0.25) is 0 Å². The quantitative estimate of drug-likeness (QED) is 0.0354. The highest BCUT2D eigenvalue weighted by atomic mass is 32.2. The molecule has 1 amide bonds. The number of unbranched alkanes of at least 4 members (excludes halogenated alkanes) is 25. The van der Waals surface area contributed by atoms with Gasteiger partial charge in [-0.25, -0.2) is 0 Å². The molecule has 272 valence electrons. The van der Waals surface area contributed by atoms with E-state index in [1.165, 1.54) is 135 Å². The van der Waals surface area contributed by atoms with Crippen LogP contribution in [0.4, 0.5) is 0 Å². The van der Waals surface area contributed by atoms with Crippen LogP contribution in [0.15, 0.2) is 24.3 Å². The number of aliphatic hydroxyl groups is 1. The molecule has 0 aliphatic carbocycles. The highest BCUT2D eigenvalue weighted by molar-refractivity contribution is 7.85. The first-order valence-electron chi connectivity index (χ1n) is 19.5. The molecule has 0 rings (SSSR count). The first kappa shape index (κ1) is 44.8.